The highest BCUT2D eigenvalue weighted by Gasteiger charge is 2.09. The second-order valence-electron chi connectivity index (χ2n) is 7.10. The van der Waals surface area contributed by atoms with E-state index in [1.807, 2.05) is 48.5 Å². The quantitative estimate of drug-likeness (QED) is 0.231. The van der Waals surface area contributed by atoms with Crippen molar-refractivity contribution < 1.29 is 0 Å². The molecule has 0 bridgehead atoms. The van der Waals surface area contributed by atoms with E-state index in [-0.39, 0.29) is 0 Å². The second kappa shape index (κ2) is 11.4. The van der Waals surface area contributed by atoms with E-state index in [0.717, 1.165) is 41.3 Å². The normalized spacial score (nSPS) is 11.1. The number of anilines is 1. The van der Waals surface area contributed by atoms with E-state index < -0.39 is 0 Å². The first-order valence-electron chi connectivity index (χ1n) is 10.8. The minimum Gasteiger partial charge on any atom is -0.372 e. The summed E-state index contributed by atoms with van der Waals surface area (Å²) in [5, 5.41) is 17.6. The van der Waals surface area contributed by atoms with Gasteiger partial charge in [0.05, 0.1) is 28.4 Å². The van der Waals surface area contributed by atoms with Crippen LogP contribution in [0.1, 0.15) is 25.0 Å². The summed E-state index contributed by atoms with van der Waals surface area (Å²) in [7, 11) is 0. The lowest BCUT2D eigenvalue weighted by molar-refractivity contribution is 0.866. The van der Waals surface area contributed by atoms with Gasteiger partial charge in [0, 0.05) is 29.9 Å². The summed E-state index contributed by atoms with van der Waals surface area (Å²) in [4.78, 5) is 6.16. The Morgan fingerprint density at radius 2 is 1.06 bits per heavy atom. The molecule has 0 radical (unpaired) electrons. The largest absolute Gasteiger partial charge is 0.372 e. The molecule has 0 unspecified atom stereocenters. The molecule has 166 valence electrons. The number of aliphatic imine (C=N–C) groups is 1. The maximum atomic E-state index is 4.45. The van der Waals surface area contributed by atoms with Gasteiger partial charge in [0.15, 0.2) is 0 Å². The van der Waals surface area contributed by atoms with Crippen LogP contribution >= 0.6 is 0 Å². The van der Waals surface area contributed by atoms with E-state index in [2.05, 4.69) is 76.2 Å². The van der Waals surface area contributed by atoms with Gasteiger partial charge >= 0.3 is 0 Å². The third-order valence-electron chi connectivity index (χ3n) is 5.21. The van der Waals surface area contributed by atoms with Crippen molar-refractivity contribution in [3.05, 3.63) is 84.9 Å². The fourth-order valence-electron chi connectivity index (χ4n) is 3.38. The first kappa shape index (κ1) is 23.5. The molecular formula is C27H28N6. The third kappa shape index (κ3) is 5.74. The van der Waals surface area contributed by atoms with Crippen molar-refractivity contribution in [3.8, 4) is 0 Å². The van der Waals surface area contributed by atoms with Crippen LogP contribution in [-0.2, 0) is 0 Å². The van der Waals surface area contributed by atoms with Crippen molar-refractivity contribution in [3.63, 3.8) is 0 Å². The fourth-order valence-corrected chi connectivity index (χ4v) is 3.38. The van der Waals surface area contributed by atoms with Crippen LogP contribution in [-0.4, -0.2) is 19.8 Å². The molecule has 0 saturated heterocycles. The van der Waals surface area contributed by atoms with Crippen molar-refractivity contribution in [2.75, 3.05) is 18.0 Å². The summed E-state index contributed by atoms with van der Waals surface area (Å²) in [6.45, 7) is 17.6. The first-order chi connectivity index (χ1) is 16.1. The highest BCUT2D eigenvalue weighted by Crippen LogP contribution is 2.35. The Bertz CT molecular complexity index is 1170. The molecule has 3 rings (SSSR count). The van der Waals surface area contributed by atoms with Gasteiger partial charge in [-0.1, -0.05) is 25.3 Å². The molecule has 0 aliphatic carbocycles. The first-order valence-corrected chi connectivity index (χ1v) is 10.8. The van der Waals surface area contributed by atoms with Gasteiger partial charge in [-0.15, -0.1) is 10.2 Å². The number of hydrogen-bond acceptors (Lipinski definition) is 6. The summed E-state index contributed by atoms with van der Waals surface area (Å²) in [6.07, 6.45) is 3.46. The number of nitrogens with zero attached hydrogens (tertiary/aromatic N) is 6. The molecule has 33 heavy (non-hydrogen) atoms. The Labute approximate surface area is 195 Å². The molecule has 0 aromatic heterocycles. The summed E-state index contributed by atoms with van der Waals surface area (Å²) in [5.74, 6) is 0. The van der Waals surface area contributed by atoms with Gasteiger partial charge in [-0.3, -0.25) is 4.99 Å². The molecule has 0 aliphatic rings. The second-order valence-corrected chi connectivity index (χ2v) is 7.10. The third-order valence-corrected chi connectivity index (χ3v) is 5.21. The number of azo groups is 2. The zero-order valence-electron chi connectivity index (χ0n) is 19.1. The lowest BCUT2D eigenvalue weighted by Gasteiger charge is -2.20. The zero-order valence-corrected chi connectivity index (χ0v) is 19.1. The van der Waals surface area contributed by atoms with Gasteiger partial charge < -0.3 is 4.90 Å². The lowest BCUT2D eigenvalue weighted by atomic mass is 10.0. The van der Waals surface area contributed by atoms with E-state index in [4.69, 9.17) is 0 Å². The van der Waals surface area contributed by atoms with Crippen LogP contribution in [0.3, 0.4) is 0 Å². The molecule has 0 aliphatic heterocycles. The molecular weight excluding hydrogens is 408 g/mol. The smallest absolute Gasteiger partial charge is 0.0936 e. The molecule has 3 aromatic carbocycles. The maximum absolute atomic E-state index is 4.45. The average molecular weight is 437 g/mol. The van der Waals surface area contributed by atoms with Crippen LogP contribution < -0.4 is 4.90 Å². The molecule has 0 atom stereocenters. The van der Waals surface area contributed by atoms with Gasteiger partial charge in [-0.2, -0.15) is 10.2 Å². The SMILES string of the molecule is C=Cc1c(N=Nc2ccc(N=C)cc2)ccc(N=Nc2ccc(N(CC)CC)cc2)c1C=C. The summed E-state index contributed by atoms with van der Waals surface area (Å²) in [5.41, 5.74) is 6.41. The Morgan fingerprint density at radius 3 is 1.45 bits per heavy atom. The standard InChI is InChI=1S/C27H28N6/c1-6-24-25(7-2)27(32-30-22-14-16-23(17-15-22)33(8-3)9-4)19-18-26(24)31-29-21-12-10-20(28-5)11-13-21/h6-7,10-19H,1-2,5,8-9H2,3-4H3. The summed E-state index contributed by atoms with van der Waals surface area (Å²) < 4.78 is 0. The van der Waals surface area contributed by atoms with Crippen LogP contribution in [0.5, 0.6) is 0 Å². The van der Waals surface area contributed by atoms with E-state index in [1.165, 1.54) is 5.69 Å². The molecule has 0 saturated carbocycles. The van der Waals surface area contributed by atoms with Crippen molar-refractivity contribution in [1.82, 2.24) is 0 Å². The lowest BCUT2D eigenvalue weighted by Crippen LogP contribution is -2.21. The van der Waals surface area contributed by atoms with Crippen LogP contribution in [0.4, 0.5) is 34.1 Å². The van der Waals surface area contributed by atoms with Gasteiger partial charge in [0.2, 0.25) is 0 Å². The van der Waals surface area contributed by atoms with E-state index in [0.29, 0.717) is 11.4 Å². The number of hydrogen-bond donors (Lipinski definition) is 0. The van der Waals surface area contributed by atoms with E-state index in [9.17, 15) is 0 Å². The maximum Gasteiger partial charge on any atom is 0.0936 e. The summed E-state index contributed by atoms with van der Waals surface area (Å²) >= 11 is 0. The van der Waals surface area contributed by atoms with Crippen LogP contribution in [0.2, 0.25) is 0 Å². The predicted molar refractivity (Wildman–Crippen MR) is 141 cm³/mol. The Morgan fingerprint density at radius 1 is 0.636 bits per heavy atom. The topological polar surface area (TPSA) is 65.0 Å². The molecule has 3 aromatic rings. The Balaban J connectivity index is 1.86. The van der Waals surface area contributed by atoms with Gasteiger partial charge in [0.25, 0.3) is 0 Å². The van der Waals surface area contributed by atoms with Crippen molar-refractivity contribution in [1.29, 1.82) is 0 Å². The molecule has 6 heteroatoms. The Hall–Kier alpha value is -4.19. The molecule has 0 heterocycles. The van der Waals surface area contributed by atoms with E-state index in [1.54, 1.807) is 12.2 Å². The highest BCUT2D eigenvalue weighted by atomic mass is 15.1. The number of benzene rings is 3. The van der Waals surface area contributed by atoms with Crippen molar-refractivity contribution in [2.24, 2.45) is 25.4 Å². The van der Waals surface area contributed by atoms with E-state index >= 15 is 0 Å². The Kier molecular flexibility index (Phi) is 8.13. The fraction of sp³-hybridized carbons (Fsp3) is 0.148. The van der Waals surface area contributed by atoms with Gasteiger partial charge in [-0.05, 0) is 81.2 Å². The van der Waals surface area contributed by atoms with Gasteiger partial charge in [-0.25, -0.2) is 0 Å². The molecule has 6 nitrogen and oxygen atoms in total. The van der Waals surface area contributed by atoms with Gasteiger partial charge in [0.1, 0.15) is 0 Å². The molecule has 0 amide bonds. The van der Waals surface area contributed by atoms with Crippen LogP contribution in [0, 0.1) is 0 Å². The van der Waals surface area contributed by atoms with Crippen LogP contribution in [0.15, 0.2) is 99.3 Å². The minimum absolute atomic E-state index is 0.674. The van der Waals surface area contributed by atoms with Crippen LogP contribution in [0.25, 0.3) is 12.2 Å². The zero-order chi connectivity index (χ0) is 23.6. The monoisotopic (exact) mass is 436 g/mol. The summed E-state index contributed by atoms with van der Waals surface area (Å²) in [6, 6.07) is 19.1. The van der Waals surface area contributed by atoms with Crippen molar-refractivity contribution >= 4 is 53.0 Å². The molecule has 0 fully saturated rings. The van der Waals surface area contributed by atoms with Crippen molar-refractivity contribution in [2.45, 2.75) is 13.8 Å². The number of rotatable bonds is 10. The minimum atomic E-state index is 0.674. The molecule has 0 spiro atoms. The predicted octanol–water partition coefficient (Wildman–Crippen LogP) is 8.98. The molecule has 0 N–H and O–H groups in total. The highest BCUT2D eigenvalue weighted by molar-refractivity contribution is 5.80. The average Bonchev–Trinajstić information content (AvgIpc) is 2.87.